The lowest BCUT2D eigenvalue weighted by atomic mass is 9.99. The molecule has 0 aromatic rings. The molecule has 0 bridgehead atoms. The number of rotatable bonds is 75. The van der Waals surface area contributed by atoms with Crippen LogP contribution in [0.25, 0.3) is 0 Å². The fraction of sp³-hybridized carbons (Fsp3) is 0.949. The van der Waals surface area contributed by atoms with Gasteiger partial charge in [0.1, 0.15) is 19.3 Å². The van der Waals surface area contributed by atoms with Crippen molar-refractivity contribution in [2.45, 2.75) is 414 Å². The fourth-order valence-electron chi connectivity index (χ4n) is 11.9. The Morgan fingerprint density at radius 2 is 0.495 bits per heavy atom. The molecular formula is C78H152O17P2. The Labute approximate surface area is 594 Å². The molecule has 0 aromatic carbocycles. The molecule has 0 saturated carbocycles. The smallest absolute Gasteiger partial charge is 0.462 e. The van der Waals surface area contributed by atoms with E-state index in [-0.39, 0.29) is 25.7 Å². The highest BCUT2D eigenvalue weighted by Crippen LogP contribution is 2.45. The zero-order valence-electron chi connectivity index (χ0n) is 63.7. The third-order valence-electron chi connectivity index (χ3n) is 18.4. The average Bonchev–Trinajstić information content (AvgIpc) is 1.03. The molecule has 0 aromatic heterocycles. The summed E-state index contributed by atoms with van der Waals surface area (Å²) in [5.41, 5.74) is 0. The molecule has 0 aliphatic carbocycles. The number of unbranched alkanes of at least 4 members (excludes halogenated alkanes) is 40. The van der Waals surface area contributed by atoms with Gasteiger partial charge < -0.3 is 33.8 Å². The van der Waals surface area contributed by atoms with Gasteiger partial charge in [0.15, 0.2) is 12.2 Å². The van der Waals surface area contributed by atoms with Crippen molar-refractivity contribution in [3.8, 4) is 0 Å². The van der Waals surface area contributed by atoms with E-state index in [2.05, 4.69) is 55.4 Å². The maximum atomic E-state index is 13.1. The highest BCUT2D eigenvalue weighted by molar-refractivity contribution is 7.47. The summed E-state index contributed by atoms with van der Waals surface area (Å²) in [6.07, 6.45) is 52.9. The lowest BCUT2D eigenvalue weighted by molar-refractivity contribution is -0.161. The van der Waals surface area contributed by atoms with Crippen molar-refractivity contribution in [2.75, 3.05) is 39.6 Å². The Hall–Kier alpha value is -1.94. The summed E-state index contributed by atoms with van der Waals surface area (Å²) in [4.78, 5) is 72.8. The average molecular weight is 1420 g/mol. The first-order chi connectivity index (χ1) is 46.6. The van der Waals surface area contributed by atoms with Gasteiger partial charge in [-0.2, -0.15) is 0 Å². The Balaban J connectivity index is 5.19. The molecule has 0 rings (SSSR count). The monoisotopic (exact) mass is 1420 g/mol. The van der Waals surface area contributed by atoms with Gasteiger partial charge in [0.25, 0.3) is 0 Å². The SMILES string of the molecule is CCC(C)CCCCCCCCCCC(=O)O[C@H](COC(=O)CCCCCCCCCCCCCCCCC(C)C)COP(=O)(O)OCC(O)COP(=O)(O)OC[C@@H](COC(=O)CCCCCCCCC(C)C)OC(=O)CCCCCCCCCCCCCCCCCCC(C)C. The van der Waals surface area contributed by atoms with Crippen molar-refractivity contribution in [3.63, 3.8) is 0 Å². The van der Waals surface area contributed by atoms with Gasteiger partial charge in [0.2, 0.25) is 0 Å². The van der Waals surface area contributed by atoms with Crippen molar-refractivity contribution in [2.24, 2.45) is 23.7 Å². The molecule has 0 radical (unpaired) electrons. The molecule has 0 fully saturated rings. The predicted molar refractivity (Wildman–Crippen MR) is 395 cm³/mol. The van der Waals surface area contributed by atoms with Gasteiger partial charge in [-0.05, 0) is 49.4 Å². The van der Waals surface area contributed by atoms with Crippen LogP contribution in [0.15, 0.2) is 0 Å². The van der Waals surface area contributed by atoms with Crippen LogP contribution < -0.4 is 0 Å². The number of hydrogen-bond acceptors (Lipinski definition) is 15. The first-order valence-electron chi connectivity index (χ1n) is 40.2. The third kappa shape index (κ3) is 70.9. The second kappa shape index (κ2) is 67.2. The molecule has 0 amide bonds. The maximum absolute atomic E-state index is 13.1. The number of hydrogen-bond donors (Lipinski definition) is 3. The van der Waals surface area contributed by atoms with Crippen LogP contribution in [0, 0.1) is 23.7 Å². The van der Waals surface area contributed by atoms with Gasteiger partial charge in [-0.1, -0.05) is 344 Å². The predicted octanol–water partition coefficient (Wildman–Crippen LogP) is 22.8. The third-order valence-corrected chi connectivity index (χ3v) is 20.3. The molecule has 576 valence electrons. The van der Waals surface area contributed by atoms with Crippen LogP contribution in [0.5, 0.6) is 0 Å². The van der Waals surface area contributed by atoms with Gasteiger partial charge in [-0.25, -0.2) is 9.13 Å². The number of ether oxygens (including phenoxy) is 4. The second-order valence-corrected chi connectivity index (χ2v) is 32.7. The number of phosphoric acid groups is 2. The van der Waals surface area contributed by atoms with Crippen LogP contribution >= 0.6 is 15.6 Å². The van der Waals surface area contributed by atoms with Gasteiger partial charge in [0.05, 0.1) is 26.4 Å². The van der Waals surface area contributed by atoms with E-state index in [0.29, 0.717) is 31.6 Å². The highest BCUT2D eigenvalue weighted by Gasteiger charge is 2.30. The summed E-state index contributed by atoms with van der Waals surface area (Å²) in [7, 11) is -9.92. The molecular weight excluding hydrogens is 1270 g/mol. The van der Waals surface area contributed by atoms with Crippen LogP contribution in [0.3, 0.4) is 0 Å². The zero-order chi connectivity index (χ0) is 71.7. The fourth-order valence-corrected chi connectivity index (χ4v) is 13.5. The summed E-state index contributed by atoms with van der Waals surface area (Å²) < 4.78 is 68.6. The summed E-state index contributed by atoms with van der Waals surface area (Å²) in [5, 5.41) is 10.6. The van der Waals surface area contributed by atoms with Crippen molar-refractivity contribution in [3.05, 3.63) is 0 Å². The lowest BCUT2D eigenvalue weighted by Gasteiger charge is -2.21. The standard InChI is InChI=1S/C78H152O17P2/c1-9-71(8)57-49-41-32-28-29-35-45-53-61-78(83)95-73(64-88-75(80)58-50-42-33-26-22-18-15-14-17-21-25-31-39-47-55-69(4)5)66-92-96(84,85)90-62-72(79)63-91-97(86,87)93-67-74(65-89-76(81)59-51-43-37-36-40-48-56-70(6)7)94-77(82)60-52-44-34-27-23-19-13-11-10-12-16-20-24-30-38-46-54-68(2)3/h68-74,79H,9-67H2,1-8H3,(H,84,85)(H,86,87)/t71?,72?,73-,74-/m1/s1. The normalized spacial score (nSPS) is 14.4. The Bertz CT molecular complexity index is 1900. The van der Waals surface area contributed by atoms with Crippen LogP contribution in [0.1, 0.15) is 396 Å². The Morgan fingerprint density at radius 3 is 0.732 bits per heavy atom. The largest absolute Gasteiger partial charge is 0.472 e. The van der Waals surface area contributed by atoms with Gasteiger partial charge >= 0.3 is 39.5 Å². The number of carbonyl (C=O) groups excluding carboxylic acids is 4. The molecule has 17 nitrogen and oxygen atoms in total. The van der Waals surface area contributed by atoms with E-state index in [1.165, 1.54) is 193 Å². The van der Waals surface area contributed by atoms with E-state index in [1.807, 2.05) is 0 Å². The molecule has 0 aliphatic rings. The van der Waals surface area contributed by atoms with Gasteiger partial charge in [0, 0.05) is 25.7 Å². The second-order valence-electron chi connectivity index (χ2n) is 29.8. The molecule has 0 saturated heterocycles. The lowest BCUT2D eigenvalue weighted by Crippen LogP contribution is -2.30. The first kappa shape index (κ1) is 95.1. The van der Waals surface area contributed by atoms with Crippen LogP contribution in [0.4, 0.5) is 0 Å². The molecule has 97 heavy (non-hydrogen) atoms. The quantitative estimate of drug-likeness (QED) is 0.0222. The summed E-state index contributed by atoms with van der Waals surface area (Å²) in [6, 6.07) is 0. The van der Waals surface area contributed by atoms with E-state index in [9.17, 15) is 43.2 Å². The topological polar surface area (TPSA) is 237 Å². The van der Waals surface area contributed by atoms with Gasteiger partial charge in [-0.3, -0.25) is 37.3 Å². The number of aliphatic hydroxyl groups is 1. The molecule has 0 spiro atoms. The van der Waals surface area contributed by atoms with Crippen molar-refractivity contribution < 1.29 is 80.2 Å². The molecule has 19 heteroatoms. The van der Waals surface area contributed by atoms with E-state index in [0.717, 1.165) is 114 Å². The zero-order valence-corrected chi connectivity index (χ0v) is 65.5. The maximum Gasteiger partial charge on any atom is 0.472 e. The summed E-state index contributed by atoms with van der Waals surface area (Å²) in [6.45, 7) is 14.2. The van der Waals surface area contributed by atoms with Crippen LogP contribution in [-0.4, -0.2) is 96.7 Å². The van der Waals surface area contributed by atoms with Gasteiger partial charge in [-0.15, -0.1) is 0 Å². The van der Waals surface area contributed by atoms with E-state index in [4.69, 9.17) is 37.0 Å². The minimum Gasteiger partial charge on any atom is -0.462 e. The van der Waals surface area contributed by atoms with Crippen molar-refractivity contribution in [1.29, 1.82) is 0 Å². The summed E-state index contributed by atoms with van der Waals surface area (Å²) >= 11 is 0. The molecule has 6 atom stereocenters. The summed E-state index contributed by atoms with van der Waals surface area (Å²) in [5.74, 6) is 0.936. The molecule has 3 N–H and O–H groups in total. The number of phosphoric ester groups is 2. The van der Waals surface area contributed by atoms with Crippen molar-refractivity contribution >= 4 is 39.5 Å². The number of carbonyl (C=O) groups is 4. The minimum absolute atomic E-state index is 0.105. The van der Waals surface area contributed by atoms with E-state index < -0.39 is 97.5 Å². The van der Waals surface area contributed by atoms with E-state index >= 15 is 0 Å². The van der Waals surface area contributed by atoms with Crippen molar-refractivity contribution in [1.82, 2.24) is 0 Å². The first-order valence-corrected chi connectivity index (χ1v) is 43.2. The number of esters is 4. The molecule has 0 heterocycles. The van der Waals surface area contributed by atoms with E-state index in [1.54, 1.807) is 0 Å². The van der Waals surface area contributed by atoms with Crippen LogP contribution in [0.2, 0.25) is 0 Å². The highest BCUT2D eigenvalue weighted by atomic mass is 31.2. The number of aliphatic hydroxyl groups excluding tert-OH is 1. The minimum atomic E-state index is -4.96. The molecule has 0 aliphatic heterocycles. The van der Waals surface area contributed by atoms with Crippen LogP contribution in [-0.2, 0) is 65.4 Å². The Kier molecular flexibility index (Phi) is 65.9. The molecule has 4 unspecified atom stereocenters. The Morgan fingerprint density at radius 1 is 0.289 bits per heavy atom.